The summed E-state index contributed by atoms with van der Waals surface area (Å²) in [6, 6.07) is 0. The highest BCUT2D eigenvalue weighted by Gasteiger charge is 2.46. The van der Waals surface area contributed by atoms with Crippen LogP contribution in [0.2, 0.25) is 0 Å². The van der Waals surface area contributed by atoms with Crippen LogP contribution in [0.4, 0.5) is 0 Å². The highest BCUT2D eigenvalue weighted by atomic mass is 31.2. The molecule has 0 aliphatic heterocycles. The summed E-state index contributed by atoms with van der Waals surface area (Å²) in [7, 11) is -1.26. The van der Waals surface area contributed by atoms with Crippen LogP contribution in [0.1, 0.15) is 46.0 Å². The first kappa shape index (κ1) is 26.5. The third kappa shape index (κ3) is 8.65. The Morgan fingerprint density at radius 3 is 1.96 bits per heavy atom. The van der Waals surface area contributed by atoms with Gasteiger partial charge in [-0.05, 0) is 33.1 Å². The van der Waals surface area contributed by atoms with Crippen LogP contribution in [0.15, 0.2) is 12.2 Å². The normalized spacial score (nSPS) is 12.1. The van der Waals surface area contributed by atoms with Crippen LogP contribution in [0, 0.1) is 5.41 Å². The van der Waals surface area contributed by atoms with E-state index in [1.54, 1.807) is 19.9 Å². The largest absolute Gasteiger partial charge is 0.475 e. The van der Waals surface area contributed by atoms with E-state index in [2.05, 4.69) is 0 Å². The Morgan fingerprint density at radius 2 is 1.50 bits per heavy atom. The molecule has 10 heteroatoms. The van der Waals surface area contributed by atoms with Crippen molar-refractivity contribution in [1.29, 1.82) is 0 Å². The molecule has 0 N–H and O–H groups in total. The summed E-state index contributed by atoms with van der Waals surface area (Å²) in [4.78, 5) is 35.2. The van der Waals surface area contributed by atoms with E-state index in [1.807, 2.05) is 0 Å². The maximum Gasteiger partial charge on any atom is 0.475 e. The zero-order valence-corrected chi connectivity index (χ0v) is 17.9. The number of phosphoric ester groups is 1. The number of phosphoric acid groups is 1. The lowest BCUT2D eigenvalue weighted by molar-refractivity contribution is -0.169. The van der Waals surface area contributed by atoms with Crippen molar-refractivity contribution in [2.75, 3.05) is 34.0 Å². The Hall–Kier alpha value is -1.54. The SMILES string of the molecule is CCOP(=O)(OCC)OC/C=C/CC(CCCCC=O)(C(=O)OC)C(=O)OC. The van der Waals surface area contributed by atoms with Gasteiger partial charge < -0.3 is 14.3 Å². The molecular formula is C18H31O9P. The van der Waals surface area contributed by atoms with Crippen molar-refractivity contribution in [2.45, 2.75) is 46.0 Å². The number of methoxy groups -OCH3 is 2. The number of esters is 2. The van der Waals surface area contributed by atoms with E-state index in [4.69, 9.17) is 23.0 Å². The number of allylic oxidation sites excluding steroid dienone is 1. The number of carbonyl (C=O) groups is 3. The van der Waals surface area contributed by atoms with Gasteiger partial charge in [0.25, 0.3) is 0 Å². The molecule has 162 valence electrons. The summed E-state index contributed by atoms with van der Waals surface area (Å²) < 4.78 is 37.0. The number of ether oxygens (including phenoxy) is 2. The molecule has 0 aliphatic carbocycles. The van der Waals surface area contributed by atoms with E-state index in [0.29, 0.717) is 19.3 Å². The number of unbranched alkanes of at least 4 members (excludes halogenated alkanes) is 2. The molecule has 0 rings (SSSR count). The number of hydrogen-bond donors (Lipinski definition) is 0. The van der Waals surface area contributed by atoms with Gasteiger partial charge in [-0.1, -0.05) is 18.6 Å². The van der Waals surface area contributed by atoms with E-state index in [0.717, 1.165) is 6.29 Å². The van der Waals surface area contributed by atoms with Crippen LogP contribution in [0.5, 0.6) is 0 Å². The van der Waals surface area contributed by atoms with Gasteiger partial charge in [-0.3, -0.25) is 23.2 Å². The van der Waals surface area contributed by atoms with Gasteiger partial charge in [0.1, 0.15) is 6.29 Å². The van der Waals surface area contributed by atoms with Crippen molar-refractivity contribution in [3.63, 3.8) is 0 Å². The second-order valence-corrected chi connectivity index (χ2v) is 7.40. The summed E-state index contributed by atoms with van der Waals surface area (Å²) in [6.45, 7) is 3.55. The van der Waals surface area contributed by atoms with E-state index in [1.165, 1.54) is 20.3 Å². The second-order valence-electron chi connectivity index (χ2n) is 5.73. The maximum atomic E-state index is 12.3. The molecule has 0 fully saturated rings. The molecule has 0 amide bonds. The topological polar surface area (TPSA) is 114 Å². The first-order valence-corrected chi connectivity index (χ1v) is 10.6. The third-order valence-corrected chi connectivity index (χ3v) is 5.48. The number of hydrogen-bond acceptors (Lipinski definition) is 9. The summed E-state index contributed by atoms with van der Waals surface area (Å²) in [5, 5.41) is 0. The molecule has 28 heavy (non-hydrogen) atoms. The van der Waals surface area contributed by atoms with Crippen LogP contribution in [0.25, 0.3) is 0 Å². The number of carbonyl (C=O) groups excluding carboxylic acids is 3. The molecule has 0 saturated heterocycles. The maximum absolute atomic E-state index is 12.3. The fourth-order valence-corrected chi connectivity index (χ4v) is 3.64. The zero-order valence-electron chi connectivity index (χ0n) is 17.0. The van der Waals surface area contributed by atoms with Gasteiger partial charge in [0.05, 0.1) is 34.0 Å². The van der Waals surface area contributed by atoms with E-state index >= 15 is 0 Å². The molecule has 0 atom stereocenters. The number of aldehydes is 1. The lowest BCUT2D eigenvalue weighted by atomic mass is 9.79. The molecular weight excluding hydrogens is 391 g/mol. The summed E-state index contributed by atoms with van der Waals surface area (Å²) >= 11 is 0. The average molecular weight is 422 g/mol. The zero-order chi connectivity index (χ0) is 21.5. The molecule has 0 spiro atoms. The second kappa shape index (κ2) is 14.5. The van der Waals surface area contributed by atoms with E-state index < -0.39 is 25.2 Å². The molecule has 0 heterocycles. The molecule has 9 nitrogen and oxygen atoms in total. The van der Waals surface area contributed by atoms with Gasteiger partial charge in [-0.2, -0.15) is 0 Å². The van der Waals surface area contributed by atoms with Crippen molar-refractivity contribution in [2.24, 2.45) is 5.41 Å². The third-order valence-electron chi connectivity index (χ3n) is 3.86. The number of rotatable bonds is 16. The molecule has 0 bridgehead atoms. The molecule has 0 unspecified atom stereocenters. The van der Waals surface area contributed by atoms with Crippen molar-refractivity contribution < 1.29 is 42.0 Å². The average Bonchev–Trinajstić information content (AvgIpc) is 2.68. The van der Waals surface area contributed by atoms with Gasteiger partial charge in [-0.25, -0.2) is 4.57 Å². The fourth-order valence-electron chi connectivity index (χ4n) is 2.52. The van der Waals surface area contributed by atoms with E-state index in [9.17, 15) is 18.9 Å². The molecule has 0 aromatic rings. The lowest BCUT2D eigenvalue weighted by Gasteiger charge is -2.27. The Bertz CT molecular complexity index is 533. The Kier molecular flexibility index (Phi) is 13.7. The van der Waals surface area contributed by atoms with Gasteiger partial charge in [-0.15, -0.1) is 0 Å². The summed E-state index contributed by atoms with van der Waals surface area (Å²) in [5.41, 5.74) is -1.52. The van der Waals surface area contributed by atoms with Gasteiger partial charge in [0, 0.05) is 6.42 Å². The van der Waals surface area contributed by atoms with Crippen LogP contribution in [-0.2, 0) is 42.0 Å². The van der Waals surface area contributed by atoms with Crippen LogP contribution in [0.3, 0.4) is 0 Å². The molecule has 0 aliphatic rings. The lowest BCUT2D eigenvalue weighted by Crippen LogP contribution is -2.41. The highest BCUT2D eigenvalue weighted by Crippen LogP contribution is 2.49. The van der Waals surface area contributed by atoms with Gasteiger partial charge >= 0.3 is 19.8 Å². The minimum atomic E-state index is -3.64. The first-order valence-electron chi connectivity index (χ1n) is 9.14. The summed E-state index contributed by atoms with van der Waals surface area (Å²) in [6.07, 6.45) is 5.37. The molecule has 0 saturated carbocycles. The van der Waals surface area contributed by atoms with Crippen LogP contribution in [-0.4, -0.2) is 52.3 Å². The van der Waals surface area contributed by atoms with Crippen LogP contribution >= 0.6 is 7.82 Å². The van der Waals surface area contributed by atoms with Gasteiger partial charge in [0.2, 0.25) is 0 Å². The fraction of sp³-hybridized carbons (Fsp3) is 0.722. The predicted molar refractivity (Wildman–Crippen MR) is 102 cm³/mol. The highest BCUT2D eigenvalue weighted by molar-refractivity contribution is 7.48. The van der Waals surface area contributed by atoms with Crippen molar-refractivity contribution in [3.8, 4) is 0 Å². The monoisotopic (exact) mass is 422 g/mol. The Morgan fingerprint density at radius 1 is 0.929 bits per heavy atom. The smallest absolute Gasteiger partial charge is 0.468 e. The minimum Gasteiger partial charge on any atom is -0.468 e. The molecule has 0 aromatic carbocycles. The molecule has 0 aromatic heterocycles. The van der Waals surface area contributed by atoms with Crippen molar-refractivity contribution in [1.82, 2.24) is 0 Å². The first-order chi connectivity index (χ1) is 13.4. The van der Waals surface area contributed by atoms with Crippen molar-refractivity contribution >= 4 is 26.0 Å². The quantitative estimate of drug-likeness (QED) is 0.0923. The Labute approximate surface area is 166 Å². The molecule has 0 radical (unpaired) electrons. The Balaban J connectivity index is 5.13. The van der Waals surface area contributed by atoms with Gasteiger partial charge in [0.15, 0.2) is 5.41 Å². The summed E-state index contributed by atoms with van der Waals surface area (Å²) in [5.74, 6) is -1.43. The van der Waals surface area contributed by atoms with E-state index in [-0.39, 0.29) is 32.7 Å². The van der Waals surface area contributed by atoms with Crippen molar-refractivity contribution in [3.05, 3.63) is 12.2 Å². The standard InChI is InChI=1S/C18H31O9P/c1-5-25-28(22,26-6-2)27-15-11-9-13-18(16(20)23-3,17(21)24-4)12-8-7-10-14-19/h9,11,14H,5-8,10,12-13,15H2,1-4H3/b11-9+. The minimum absolute atomic E-state index is 0.00433. The predicted octanol–water partition coefficient (Wildman–Crippen LogP) is 3.22. The van der Waals surface area contributed by atoms with Crippen LogP contribution < -0.4 is 0 Å².